The van der Waals surface area contributed by atoms with Gasteiger partial charge in [-0.1, -0.05) is 41.0 Å². The zero-order chi connectivity index (χ0) is 14.4. The number of hydrogen-bond acceptors (Lipinski definition) is 2. The summed E-state index contributed by atoms with van der Waals surface area (Å²) in [5, 5.41) is 2.87. The highest BCUT2D eigenvalue weighted by Gasteiger charge is 2.33. The largest absolute Gasteiger partial charge is 0.446 e. The maximum absolute atomic E-state index is 11.8. The van der Waals surface area contributed by atoms with Crippen molar-refractivity contribution in [1.29, 1.82) is 0 Å². The van der Waals surface area contributed by atoms with Gasteiger partial charge in [0, 0.05) is 6.54 Å². The van der Waals surface area contributed by atoms with Gasteiger partial charge in [-0.15, -0.1) is 0 Å². The van der Waals surface area contributed by atoms with Crippen molar-refractivity contribution < 1.29 is 9.53 Å². The lowest BCUT2D eigenvalue weighted by molar-refractivity contribution is 0.00617. The average molecular weight is 269 g/mol. The van der Waals surface area contributed by atoms with E-state index in [1.807, 2.05) is 0 Å². The van der Waals surface area contributed by atoms with Crippen LogP contribution >= 0.6 is 0 Å². The summed E-state index contributed by atoms with van der Waals surface area (Å²) in [7, 11) is 0. The fourth-order valence-corrected chi connectivity index (χ4v) is 2.89. The van der Waals surface area contributed by atoms with Gasteiger partial charge < -0.3 is 10.1 Å². The molecule has 1 saturated carbocycles. The van der Waals surface area contributed by atoms with Gasteiger partial charge in [0.2, 0.25) is 0 Å². The molecule has 1 rings (SSSR count). The van der Waals surface area contributed by atoms with Gasteiger partial charge in [-0.3, -0.25) is 0 Å². The van der Waals surface area contributed by atoms with Crippen LogP contribution in [0.2, 0.25) is 0 Å². The van der Waals surface area contributed by atoms with Crippen LogP contribution in [-0.4, -0.2) is 18.7 Å². The molecule has 1 fully saturated rings. The maximum Gasteiger partial charge on any atom is 0.407 e. The van der Waals surface area contributed by atoms with Crippen molar-refractivity contribution in [2.24, 2.45) is 23.7 Å². The molecule has 0 aromatic rings. The molecule has 3 nitrogen and oxygen atoms in total. The van der Waals surface area contributed by atoms with Crippen molar-refractivity contribution in [3.8, 4) is 0 Å². The molecule has 0 bridgehead atoms. The van der Waals surface area contributed by atoms with Gasteiger partial charge in [0.1, 0.15) is 6.10 Å². The van der Waals surface area contributed by atoms with E-state index in [0.717, 1.165) is 12.8 Å². The SMILES string of the molecule is CC(C)CCNC(=O)OC1CC(C)CCC1C(C)C. The van der Waals surface area contributed by atoms with Crippen LogP contribution in [0.15, 0.2) is 0 Å². The van der Waals surface area contributed by atoms with E-state index in [0.29, 0.717) is 30.2 Å². The van der Waals surface area contributed by atoms with Crippen molar-refractivity contribution in [3.63, 3.8) is 0 Å². The number of amides is 1. The summed E-state index contributed by atoms with van der Waals surface area (Å²) < 4.78 is 5.67. The molecular weight excluding hydrogens is 238 g/mol. The lowest BCUT2D eigenvalue weighted by atomic mass is 9.75. The fourth-order valence-electron chi connectivity index (χ4n) is 2.89. The Morgan fingerprint density at radius 3 is 2.53 bits per heavy atom. The quantitative estimate of drug-likeness (QED) is 0.811. The molecule has 1 aliphatic carbocycles. The van der Waals surface area contributed by atoms with Gasteiger partial charge in [0.05, 0.1) is 0 Å². The third-order valence-corrected chi connectivity index (χ3v) is 4.21. The second-order valence-electron chi connectivity index (χ2n) is 6.88. The fraction of sp³-hybridized carbons (Fsp3) is 0.938. The summed E-state index contributed by atoms with van der Waals surface area (Å²) >= 11 is 0. The van der Waals surface area contributed by atoms with Crippen molar-refractivity contribution in [3.05, 3.63) is 0 Å². The number of nitrogens with one attached hydrogen (secondary N) is 1. The van der Waals surface area contributed by atoms with E-state index in [-0.39, 0.29) is 12.2 Å². The van der Waals surface area contributed by atoms with E-state index in [1.54, 1.807) is 0 Å². The molecule has 0 saturated heterocycles. The number of hydrogen-bond donors (Lipinski definition) is 1. The molecule has 3 unspecified atom stereocenters. The Hall–Kier alpha value is -0.730. The summed E-state index contributed by atoms with van der Waals surface area (Å²) in [6.07, 6.45) is 4.33. The van der Waals surface area contributed by atoms with E-state index >= 15 is 0 Å². The third kappa shape index (κ3) is 5.84. The van der Waals surface area contributed by atoms with E-state index in [4.69, 9.17) is 4.74 Å². The average Bonchev–Trinajstić information content (AvgIpc) is 2.27. The van der Waals surface area contributed by atoms with Crippen LogP contribution < -0.4 is 5.32 Å². The topological polar surface area (TPSA) is 38.3 Å². The lowest BCUT2D eigenvalue weighted by Gasteiger charge is -2.36. The third-order valence-electron chi connectivity index (χ3n) is 4.21. The Morgan fingerprint density at radius 1 is 1.26 bits per heavy atom. The molecule has 3 heteroatoms. The van der Waals surface area contributed by atoms with E-state index in [2.05, 4.69) is 39.9 Å². The smallest absolute Gasteiger partial charge is 0.407 e. The number of carbonyl (C=O) groups is 1. The summed E-state index contributed by atoms with van der Waals surface area (Å²) in [6, 6.07) is 0. The minimum atomic E-state index is -0.231. The van der Waals surface area contributed by atoms with Crippen LogP contribution in [0.4, 0.5) is 4.79 Å². The van der Waals surface area contributed by atoms with Gasteiger partial charge in [-0.25, -0.2) is 4.79 Å². The van der Waals surface area contributed by atoms with Crippen LogP contribution in [0.1, 0.15) is 60.3 Å². The van der Waals surface area contributed by atoms with Crippen molar-refractivity contribution >= 4 is 6.09 Å². The molecule has 0 radical (unpaired) electrons. The minimum Gasteiger partial charge on any atom is -0.446 e. The predicted octanol–water partition coefficient (Wildman–Crippen LogP) is 4.22. The predicted molar refractivity (Wildman–Crippen MR) is 79.1 cm³/mol. The Morgan fingerprint density at radius 2 is 1.95 bits per heavy atom. The molecule has 0 aromatic heterocycles. The standard InChI is InChI=1S/C16H31NO2/c1-11(2)8-9-17-16(18)19-15-10-13(5)6-7-14(15)12(3)4/h11-15H,6-10H2,1-5H3,(H,17,18). The van der Waals surface area contributed by atoms with Crippen LogP contribution in [-0.2, 0) is 4.74 Å². The second-order valence-corrected chi connectivity index (χ2v) is 6.88. The molecule has 0 heterocycles. The number of rotatable bonds is 5. The Balaban J connectivity index is 2.40. The van der Waals surface area contributed by atoms with Crippen LogP contribution in [0, 0.1) is 23.7 Å². The first-order valence-corrected chi connectivity index (χ1v) is 7.84. The monoisotopic (exact) mass is 269 g/mol. The second kappa shape index (κ2) is 7.76. The molecule has 0 aliphatic heterocycles. The van der Waals surface area contributed by atoms with Crippen LogP contribution in [0.3, 0.4) is 0 Å². The highest BCUT2D eigenvalue weighted by Crippen LogP contribution is 2.35. The number of ether oxygens (including phenoxy) is 1. The molecule has 1 N–H and O–H groups in total. The first kappa shape index (κ1) is 16.3. The molecule has 1 aliphatic rings. The number of carbonyl (C=O) groups excluding carboxylic acids is 1. The zero-order valence-corrected chi connectivity index (χ0v) is 13.2. The van der Waals surface area contributed by atoms with Gasteiger partial charge in [0.25, 0.3) is 0 Å². The molecule has 112 valence electrons. The lowest BCUT2D eigenvalue weighted by Crippen LogP contribution is -2.39. The van der Waals surface area contributed by atoms with Gasteiger partial charge in [-0.2, -0.15) is 0 Å². The van der Waals surface area contributed by atoms with Gasteiger partial charge >= 0.3 is 6.09 Å². The summed E-state index contributed by atoms with van der Waals surface area (Å²) in [6.45, 7) is 11.7. The summed E-state index contributed by atoms with van der Waals surface area (Å²) in [4.78, 5) is 11.8. The Labute approximate surface area is 118 Å². The molecule has 19 heavy (non-hydrogen) atoms. The van der Waals surface area contributed by atoms with Crippen LogP contribution in [0.25, 0.3) is 0 Å². The van der Waals surface area contributed by atoms with E-state index in [1.165, 1.54) is 12.8 Å². The van der Waals surface area contributed by atoms with Gasteiger partial charge in [0.15, 0.2) is 0 Å². The number of alkyl carbamates (subject to hydrolysis) is 1. The first-order valence-electron chi connectivity index (χ1n) is 7.84. The van der Waals surface area contributed by atoms with Crippen molar-refractivity contribution in [2.75, 3.05) is 6.54 Å². The zero-order valence-electron chi connectivity index (χ0n) is 13.2. The minimum absolute atomic E-state index is 0.0998. The maximum atomic E-state index is 11.8. The van der Waals surface area contributed by atoms with Crippen LogP contribution in [0.5, 0.6) is 0 Å². The molecule has 1 amide bonds. The Kier molecular flexibility index (Phi) is 6.67. The molecule has 0 aromatic carbocycles. The molecular formula is C16H31NO2. The van der Waals surface area contributed by atoms with Crippen molar-refractivity contribution in [1.82, 2.24) is 5.32 Å². The van der Waals surface area contributed by atoms with Gasteiger partial charge in [-0.05, 0) is 42.9 Å². The summed E-state index contributed by atoms with van der Waals surface area (Å²) in [5.41, 5.74) is 0. The van der Waals surface area contributed by atoms with Crippen molar-refractivity contribution in [2.45, 2.75) is 66.4 Å². The highest BCUT2D eigenvalue weighted by atomic mass is 16.6. The normalized spacial score (nSPS) is 27.6. The Bertz CT molecular complexity index is 276. The molecule has 0 spiro atoms. The summed E-state index contributed by atoms with van der Waals surface area (Å²) in [5.74, 6) is 2.38. The highest BCUT2D eigenvalue weighted by molar-refractivity contribution is 5.67. The van der Waals surface area contributed by atoms with E-state index in [9.17, 15) is 4.79 Å². The first-order chi connectivity index (χ1) is 8.90. The van der Waals surface area contributed by atoms with E-state index < -0.39 is 0 Å². The molecule has 3 atom stereocenters.